The predicted molar refractivity (Wildman–Crippen MR) is 386 cm³/mol. The van der Waals surface area contributed by atoms with Crippen molar-refractivity contribution in [3.05, 3.63) is 0 Å². The molecule has 95 heavy (non-hydrogen) atoms. The number of phosphoric acid groups is 2. The van der Waals surface area contributed by atoms with E-state index < -0.39 is 97.5 Å². The number of esters is 4. The van der Waals surface area contributed by atoms with Crippen LogP contribution in [0, 0.1) is 11.8 Å². The summed E-state index contributed by atoms with van der Waals surface area (Å²) < 4.78 is 68.5. The third-order valence-electron chi connectivity index (χ3n) is 18.1. The van der Waals surface area contributed by atoms with E-state index in [1.54, 1.807) is 0 Å². The quantitative estimate of drug-likeness (QED) is 0.0222. The molecule has 0 aliphatic rings. The van der Waals surface area contributed by atoms with Crippen LogP contribution in [0.4, 0.5) is 0 Å². The van der Waals surface area contributed by atoms with Crippen LogP contribution in [0.1, 0.15) is 395 Å². The van der Waals surface area contributed by atoms with Gasteiger partial charge in [-0.3, -0.25) is 37.3 Å². The predicted octanol–water partition coefficient (Wildman–Crippen LogP) is 22.3. The fourth-order valence-electron chi connectivity index (χ4n) is 11.6. The maximum atomic E-state index is 13.1. The fraction of sp³-hybridized carbons (Fsp3) is 0.947. The van der Waals surface area contributed by atoms with E-state index in [-0.39, 0.29) is 25.7 Å². The molecule has 19 heteroatoms. The first-order valence-electron chi connectivity index (χ1n) is 39.5. The Kier molecular flexibility index (Phi) is 66.5. The van der Waals surface area contributed by atoms with Crippen molar-refractivity contribution in [3.63, 3.8) is 0 Å². The molecule has 0 spiro atoms. The molecule has 0 aromatic heterocycles. The molecule has 0 aliphatic heterocycles. The van der Waals surface area contributed by atoms with Crippen LogP contribution in [0.3, 0.4) is 0 Å². The lowest BCUT2D eigenvalue weighted by atomic mass is 9.99. The summed E-state index contributed by atoms with van der Waals surface area (Å²) in [4.78, 5) is 72.8. The fourth-order valence-corrected chi connectivity index (χ4v) is 13.2. The zero-order valence-electron chi connectivity index (χ0n) is 62.0. The summed E-state index contributed by atoms with van der Waals surface area (Å²) in [6.07, 6.45) is 55.4. The molecule has 564 valence electrons. The van der Waals surface area contributed by atoms with Crippen LogP contribution in [0.5, 0.6) is 0 Å². The molecular formula is C76H148O17P2. The highest BCUT2D eigenvalue weighted by atomic mass is 31.2. The zero-order valence-corrected chi connectivity index (χ0v) is 63.8. The van der Waals surface area contributed by atoms with Gasteiger partial charge in [0, 0.05) is 25.7 Å². The molecule has 0 aromatic carbocycles. The van der Waals surface area contributed by atoms with Crippen molar-refractivity contribution in [3.8, 4) is 0 Å². The van der Waals surface area contributed by atoms with Gasteiger partial charge in [0.25, 0.3) is 0 Å². The average Bonchev–Trinajstić information content (AvgIpc) is 1.97. The lowest BCUT2D eigenvalue weighted by Gasteiger charge is -2.21. The highest BCUT2D eigenvalue weighted by Crippen LogP contribution is 2.45. The molecule has 6 atom stereocenters. The molecule has 0 saturated carbocycles. The topological polar surface area (TPSA) is 237 Å². The van der Waals surface area contributed by atoms with E-state index >= 15 is 0 Å². The second kappa shape index (κ2) is 67.9. The molecule has 0 rings (SSSR count). The highest BCUT2D eigenvalue weighted by molar-refractivity contribution is 7.47. The van der Waals surface area contributed by atoms with E-state index in [1.807, 2.05) is 0 Å². The van der Waals surface area contributed by atoms with Crippen molar-refractivity contribution in [2.75, 3.05) is 39.6 Å². The Balaban J connectivity index is 5.23. The molecule has 0 amide bonds. The van der Waals surface area contributed by atoms with Crippen molar-refractivity contribution >= 4 is 39.5 Å². The number of hydrogen-bond acceptors (Lipinski definition) is 15. The lowest BCUT2D eigenvalue weighted by Crippen LogP contribution is -2.30. The van der Waals surface area contributed by atoms with Gasteiger partial charge < -0.3 is 33.8 Å². The van der Waals surface area contributed by atoms with Crippen molar-refractivity contribution in [2.45, 2.75) is 413 Å². The van der Waals surface area contributed by atoms with Crippen LogP contribution >= 0.6 is 15.6 Å². The Morgan fingerprint density at radius 2 is 0.537 bits per heavy atom. The summed E-state index contributed by atoms with van der Waals surface area (Å²) >= 11 is 0. The Bertz CT molecular complexity index is 1840. The minimum atomic E-state index is -4.96. The third-order valence-corrected chi connectivity index (χ3v) is 20.0. The molecule has 3 unspecified atom stereocenters. The largest absolute Gasteiger partial charge is 0.472 e. The smallest absolute Gasteiger partial charge is 0.462 e. The van der Waals surface area contributed by atoms with E-state index in [1.165, 1.54) is 212 Å². The van der Waals surface area contributed by atoms with Gasteiger partial charge in [-0.2, -0.15) is 0 Å². The number of hydrogen-bond donors (Lipinski definition) is 3. The van der Waals surface area contributed by atoms with Crippen LogP contribution in [-0.4, -0.2) is 96.7 Å². The Hall–Kier alpha value is -1.94. The Morgan fingerprint density at radius 1 is 0.305 bits per heavy atom. The first kappa shape index (κ1) is 93.1. The second-order valence-electron chi connectivity index (χ2n) is 28.1. The van der Waals surface area contributed by atoms with E-state index in [4.69, 9.17) is 37.0 Å². The summed E-state index contributed by atoms with van der Waals surface area (Å²) in [5, 5.41) is 10.6. The number of phosphoric ester groups is 2. The molecule has 17 nitrogen and oxygen atoms in total. The van der Waals surface area contributed by atoms with Crippen molar-refractivity contribution in [1.82, 2.24) is 0 Å². The molecule has 0 fully saturated rings. The minimum Gasteiger partial charge on any atom is -0.462 e. The number of carbonyl (C=O) groups is 4. The monoisotopic (exact) mass is 1400 g/mol. The van der Waals surface area contributed by atoms with Gasteiger partial charge in [-0.05, 0) is 37.5 Å². The summed E-state index contributed by atoms with van der Waals surface area (Å²) in [6.45, 7) is 9.61. The number of unbranched alkanes of at least 4 members (excludes halogenated alkanes) is 44. The number of aliphatic hydroxyl groups excluding tert-OH is 1. The van der Waals surface area contributed by atoms with Gasteiger partial charge in [0.2, 0.25) is 0 Å². The molecule has 3 N–H and O–H groups in total. The van der Waals surface area contributed by atoms with E-state index in [9.17, 15) is 43.2 Å². The van der Waals surface area contributed by atoms with Crippen LogP contribution in [0.2, 0.25) is 0 Å². The van der Waals surface area contributed by atoms with E-state index in [0.29, 0.717) is 25.7 Å². The van der Waals surface area contributed by atoms with Gasteiger partial charge in [-0.25, -0.2) is 9.13 Å². The summed E-state index contributed by atoms with van der Waals surface area (Å²) in [6, 6.07) is 0. The third kappa shape index (κ3) is 69.0. The maximum absolute atomic E-state index is 13.1. The molecule has 0 heterocycles. The van der Waals surface area contributed by atoms with E-state index in [0.717, 1.165) is 102 Å². The van der Waals surface area contributed by atoms with Gasteiger partial charge in [0.15, 0.2) is 12.2 Å². The van der Waals surface area contributed by atoms with Crippen molar-refractivity contribution in [2.24, 2.45) is 11.8 Å². The highest BCUT2D eigenvalue weighted by Gasteiger charge is 2.30. The van der Waals surface area contributed by atoms with Crippen LogP contribution in [0.25, 0.3) is 0 Å². The van der Waals surface area contributed by atoms with Crippen LogP contribution in [0.15, 0.2) is 0 Å². The average molecular weight is 1400 g/mol. The molecule has 0 aliphatic carbocycles. The normalized spacial score (nSPS) is 14.3. The molecule has 0 aromatic rings. The van der Waals surface area contributed by atoms with Crippen molar-refractivity contribution < 1.29 is 80.2 Å². The molecular weight excluding hydrogens is 1250 g/mol. The SMILES string of the molecule is CCCCCCCCCCCCCCCCCCCCC(=O)O[C@H](COC(=O)CCCCCCCCCCCCCC(C)C)COP(=O)(O)OC[C@@H](O)COP(=O)(O)OC[C@@H](COC(=O)CCCCCCCCCCC)OC(=O)CCCCCCCCCCCCC(C)CC. The van der Waals surface area contributed by atoms with Gasteiger partial charge in [-0.15, -0.1) is 0 Å². The Morgan fingerprint density at radius 3 is 0.800 bits per heavy atom. The maximum Gasteiger partial charge on any atom is 0.472 e. The van der Waals surface area contributed by atoms with E-state index in [2.05, 4.69) is 41.5 Å². The van der Waals surface area contributed by atoms with Gasteiger partial charge in [-0.1, -0.05) is 343 Å². The lowest BCUT2D eigenvalue weighted by molar-refractivity contribution is -0.161. The Labute approximate surface area is 581 Å². The number of aliphatic hydroxyl groups is 1. The van der Waals surface area contributed by atoms with Crippen LogP contribution < -0.4 is 0 Å². The minimum absolute atomic E-state index is 0.106. The summed E-state index contributed by atoms with van der Waals surface area (Å²) in [5.41, 5.74) is 0. The molecule has 0 bridgehead atoms. The van der Waals surface area contributed by atoms with Gasteiger partial charge in [0.1, 0.15) is 19.3 Å². The molecule has 0 radical (unpaired) electrons. The first-order valence-corrected chi connectivity index (χ1v) is 42.5. The first-order chi connectivity index (χ1) is 45.9. The summed E-state index contributed by atoms with van der Waals surface area (Å²) in [7, 11) is -9.91. The van der Waals surface area contributed by atoms with Crippen LogP contribution in [-0.2, 0) is 65.4 Å². The standard InChI is InChI=1S/C76H148O17P2/c1-7-10-12-14-16-18-19-20-21-22-23-24-25-28-36-42-48-54-60-75(80)92-72(65-87-74(79)59-53-47-41-35-29-26-27-33-38-44-50-56-68(4)5)67-91-95(84,85)89-63-70(77)62-88-94(82,83)90-66-71(64-86-73(78)58-52-46-40-32-17-15-13-11-8-2)93-76(81)61-55-49-43-37-31-30-34-39-45-51-57-69(6)9-3/h68-72,77H,7-67H2,1-6H3,(H,82,83)(H,84,85)/t69?,70-,71+,72+/m0/s1. The molecule has 0 saturated heterocycles. The second-order valence-corrected chi connectivity index (χ2v) is 31.0. The van der Waals surface area contributed by atoms with Gasteiger partial charge >= 0.3 is 39.5 Å². The van der Waals surface area contributed by atoms with Crippen molar-refractivity contribution in [1.29, 1.82) is 0 Å². The number of ether oxygens (including phenoxy) is 4. The summed E-state index contributed by atoms with van der Waals surface area (Å²) in [5.74, 6) is -0.542. The number of rotatable bonds is 75. The number of carbonyl (C=O) groups excluding carboxylic acids is 4. The zero-order chi connectivity index (χ0) is 70.0. The van der Waals surface area contributed by atoms with Gasteiger partial charge in [0.05, 0.1) is 26.4 Å².